The van der Waals surface area contributed by atoms with E-state index in [0.717, 1.165) is 0 Å². The molecule has 0 saturated carbocycles. The first-order valence-corrected chi connectivity index (χ1v) is 8.98. The van der Waals surface area contributed by atoms with Gasteiger partial charge in [0.25, 0.3) is 0 Å². The van der Waals surface area contributed by atoms with Gasteiger partial charge in [-0.2, -0.15) is 0 Å². The summed E-state index contributed by atoms with van der Waals surface area (Å²) in [6.45, 7) is 9.39. The van der Waals surface area contributed by atoms with Gasteiger partial charge in [-0.15, -0.1) is 0 Å². The highest BCUT2D eigenvalue weighted by Gasteiger charge is 2.14. The SMILES string of the molecule is C[C@H](NC[Si](C)(C)C)c1ccccc1. The summed E-state index contributed by atoms with van der Waals surface area (Å²) in [5.74, 6) is 0. The second-order valence-electron chi connectivity index (χ2n) is 5.07. The zero-order chi connectivity index (χ0) is 10.6. The molecule has 0 aliphatic carbocycles. The molecule has 14 heavy (non-hydrogen) atoms. The van der Waals surface area contributed by atoms with Crippen molar-refractivity contribution in [3.8, 4) is 0 Å². The van der Waals surface area contributed by atoms with E-state index in [-0.39, 0.29) is 0 Å². The van der Waals surface area contributed by atoms with Crippen LogP contribution in [0.5, 0.6) is 0 Å². The standard InChI is InChI=1S/C12H21NSi/c1-11(13-10-14(2,3)4)12-8-6-5-7-9-12/h5-9,11,13H,10H2,1-4H3/t11-/m0/s1. The molecule has 78 valence electrons. The Kier molecular flexibility index (Phi) is 3.90. The predicted molar refractivity (Wildman–Crippen MR) is 66.2 cm³/mol. The molecule has 0 saturated heterocycles. The van der Waals surface area contributed by atoms with Crippen molar-refractivity contribution in [2.24, 2.45) is 0 Å². The summed E-state index contributed by atoms with van der Waals surface area (Å²) in [4.78, 5) is 0. The van der Waals surface area contributed by atoms with E-state index in [0.29, 0.717) is 6.04 Å². The molecule has 1 aromatic rings. The monoisotopic (exact) mass is 207 g/mol. The zero-order valence-electron chi connectivity index (χ0n) is 9.67. The van der Waals surface area contributed by atoms with Gasteiger partial charge in [0.15, 0.2) is 0 Å². The highest BCUT2D eigenvalue weighted by atomic mass is 28.3. The first kappa shape index (κ1) is 11.5. The maximum atomic E-state index is 3.60. The van der Waals surface area contributed by atoms with Crippen LogP contribution in [-0.4, -0.2) is 14.2 Å². The minimum absolute atomic E-state index is 0.475. The van der Waals surface area contributed by atoms with Gasteiger partial charge in [0, 0.05) is 6.04 Å². The Morgan fingerprint density at radius 2 is 1.71 bits per heavy atom. The van der Waals surface area contributed by atoms with Crippen LogP contribution in [0.25, 0.3) is 0 Å². The van der Waals surface area contributed by atoms with E-state index in [2.05, 4.69) is 62.2 Å². The lowest BCUT2D eigenvalue weighted by Crippen LogP contribution is -2.37. The molecule has 1 N–H and O–H groups in total. The van der Waals surface area contributed by atoms with Gasteiger partial charge in [-0.1, -0.05) is 50.0 Å². The summed E-state index contributed by atoms with van der Waals surface area (Å²) >= 11 is 0. The second kappa shape index (κ2) is 4.76. The summed E-state index contributed by atoms with van der Waals surface area (Å²) in [6.07, 6.45) is 1.18. The van der Waals surface area contributed by atoms with Crippen molar-refractivity contribution in [2.75, 3.05) is 6.17 Å². The third-order valence-corrected chi connectivity index (χ3v) is 3.50. The maximum Gasteiger partial charge on any atom is 0.0596 e. The minimum Gasteiger partial charge on any atom is -0.313 e. The number of hydrogen-bond donors (Lipinski definition) is 1. The Morgan fingerprint density at radius 3 is 2.21 bits per heavy atom. The molecule has 0 radical (unpaired) electrons. The fraction of sp³-hybridized carbons (Fsp3) is 0.500. The molecule has 2 heteroatoms. The molecular weight excluding hydrogens is 186 g/mol. The molecule has 0 unspecified atom stereocenters. The molecule has 1 aromatic carbocycles. The highest BCUT2D eigenvalue weighted by molar-refractivity contribution is 6.76. The van der Waals surface area contributed by atoms with Crippen molar-refractivity contribution < 1.29 is 0 Å². The lowest BCUT2D eigenvalue weighted by Gasteiger charge is -2.21. The van der Waals surface area contributed by atoms with Crippen LogP contribution in [0.2, 0.25) is 19.6 Å². The molecule has 0 heterocycles. The Labute approximate surface area is 88.6 Å². The van der Waals surface area contributed by atoms with Crippen LogP contribution in [0.4, 0.5) is 0 Å². The van der Waals surface area contributed by atoms with Gasteiger partial charge in [-0.25, -0.2) is 0 Å². The molecule has 0 aliphatic rings. The molecule has 0 amide bonds. The maximum absolute atomic E-state index is 3.60. The lowest BCUT2D eigenvalue weighted by atomic mass is 10.1. The van der Waals surface area contributed by atoms with Crippen LogP contribution in [0.3, 0.4) is 0 Å². The third kappa shape index (κ3) is 4.07. The number of rotatable bonds is 4. The van der Waals surface area contributed by atoms with Crippen LogP contribution in [0.15, 0.2) is 30.3 Å². The van der Waals surface area contributed by atoms with E-state index in [1.54, 1.807) is 0 Å². The van der Waals surface area contributed by atoms with Crippen LogP contribution in [0.1, 0.15) is 18.5 Å². The Bertz CT molecular complexity index is 263. The molecule has 0 bridgehead atoms. The molecule has 1 rings (SSSR count). The topological polar surface area (TPSA) is 12.0 Å². The van der Waals surface area contributed by atoms with Crippen molar-refractivity contribution in [3.63, 3.8) is 0 Å². The van der Waals surface area contributed by atoms with Crippen LogP contribution < -0.4 is 5.32 Å². The third-order valence-electron chi connectivity index (χ3n) is 2.24. The Balaban J connectivity index is 2.48. The first-order valence-electron chi connectivity index (χ1n) is 5.27. The van der Waals surface area contributed by atoms with Crippen molar-refractivity contribution in [1.29, 1.82) is 0 Å². The molecule has 1 nitrogen and oxygen atoms in total. The molecule has 0 fully saturated rings. The first-order chi connectivity index (χ1) is 6.49. The van der Waals surface area contributed by atoms with Crippen LogP contribution in [-0.2, 0) is 0 Å². The number of hydrogen-bond acceptors (Lipinski definition) is 1. The van der Waals surface area contributed by atoms with Crippen molar-refractivity contribution in [2.45, 2.75) is 32.6 Å². The van der Waals surface area contributed by atoms with Crippen LogP contribution >= 0.6 is 0 Å². The van der Waals surface area contributed by atoms with Gasteiger partial charge < -0.3 is 5.32 Å². The van der Waals surface area contributed by atoms with Crippen LogP contribution in [0, 0.1) is 0 Å². The summed E-state index contributed by atoms with van der Waals surface area (Å²) in [6, 6.07) is 11.1. The average Bonchev–Trinajstić information content (AvgIpc) is 2.14. The number of benzene rings is 1. The summed E-state index contributed by atoms with van der Waals surface area (Å²) in [5, 5.41) is 3.60. The molecule has 0 aliphatic heterocycles. The second-order valence-corrected chi connectivity index (χ2v) is 10.5. The van der Waals surface area contributed by atoms with E-state index in [4.69, 9.17) is 0 Å². The molecule has 0 aromatic heterocycles. The minimum atomic E-state index is -0.964. The average molecular weight is 207 g/mol. The fourth-order valence-electron chi connectivity index (χ4n) is 1.32. The van der Waals surface area contributed by atoms with Gasteiger partial charge in [-0.05, 0) is 18.7 Å². The van der Waals surface area contributed by atoms with E-state index in [9.17, 15) is 0 Å². The fourth-order valence-corrected chi connectivity index (χ4v) is 2.24. The van der Waals surface area contributed by atoms with Gasteiger partial charge in [-0.3, -0.25) is 0 Å². The van der Waals surface area contributed by atoms with Gasteiger partial charge in [0.05, 0.1) is 8.07 Å². The summed E-state index contributed by atoms with van der Waals surface area (Å²) < 4.78 is 0. The Hall–Kier alpha value is -0.603. The highest BCUT2D eigenvalue weighted by Crippen LogP contribution is 2.11. The van der Waals surface area contributed by atoms with E-state index in [1.165, 1.54) is 11.7 Å². The number of nitrogens with one attached hydrogen (secondary N) is 1. The largest absolute Gasteiger partial charge is 0.313 e. The van der Waals surface area contributed by atoms with Gasteiger partial charge >= 0.3 is 0 Å². The molecule has 1 atom stereocenters. The molecule has 0 spiro atoms. The van der Waals surface area contributed by atoms with Gasteiger partial charge in [0.1, 0.15) is 0 Å². The molecular formula is C12H21NSi. The lowest BCUT2D eigenvalue weighted by molar-refractivity contribution is 0.628. The van der Waals surface area contributed by atoms with Gasteiger partial charge in [0.2, 0.25) is 0 Å². The summed E-state index contributed by atoms with van der Waals surface area (Å²) in [7, 11) is -0.964. The quantitative estimate of drug-likeness (QED) is 0.748. The predicted octanol–water partition coefficient (Wildman–Crippen LogP) is 3.21. The van der Waals surface area contributed by atoms with Crippen molar-refractivity contribution in [1.82, 2.24) is 5.32 Å². The Morgan fingerprint density at radius 1 is 1.14 bits per heavy atom. The van der Waals surface area contributed by atoms with E-state index >= 15 is 0 Å². The zero-order valence-corrected chi connectivity index (χ0v) is 10.7. The normalized spacial score (nSPS) is 14.0. The van der Waals surface area contributed by atoms with E-state index in [1.807, 2.05) is 0 Å². The van der Waals surface area contributed by atoms with Crippen molar-refractivity contribution in [3.05, 3.63) is 35.9 Å². The smallest absolute Gasteiger partial charge is 0.0596 e. The van der Waals surface area contributed by atoms with E-state index < -0.39 is 8.07 Å². The van der Waals surface area contributed by atoms with Crippen molar-refractivity contribution >= 4 is 8.07 Å². The summed E-state index contributed by atoms with van der Waals surface area (Å²) in [5.41, 5.74) is 1.38.